The Balaban J connectivity index is 1.88. The number of hydrogen-bond acceptors (Lipinski definition) is 2. The van der Waals surface area contributed by atoms with Crippen LogP contribution in [0.2, 0.25) is 5.02 Å². The van der Waals surface area contributed by atoms with Crippen molar-refractivity contribution in [3.8, 4) is 0 Å². The molecule has 2 atom stereocenters. The van der Waals surface area contributed by atoms with Crippen molar-refractivity contribution in [3.63, 3.8) is 0 Å². The number of benzene rings is 1. The van der Waals surface area contributed by atoms with Crippen molar-refractivity contribution in [2.75, 3.05) is 18.0 Å². The van der Waals surface area contributed by atoms with Gasteiger partial charge in [0.05, 0.1) is 5.56 Å². The van der Waals surface area contributed by atoms with Gasteiger partial charge < -0.3 is 10.2 Å². The summed E-state index contributed by atoms with van der Waals surface area (Å²) in [5.74, 6) is 0.668. The van der Waals surface area contributed by atoms with Gasteiger partial charge in [-0.1, -0.05) is 11.6 Å². The lowest BCUT2D eigenvalue weighted by Crippen LogP contribution is -2.56. The Morgan fingerprint density at radius 2 is 1.95 bits per heavy atom. The van der Waals surface area contributed by atoms with Crippen LogP contribution in [-0.2, 0) is 6.18 Å². The zero-order valence-corrected chi connectivity index (χ0v) is 12.5. The van der Waals surface area contributed by atoms with Gasteiger partial charge in [0.2, 0.25) is 0 Å². The number of halogens is 4. The van der Waals surface area contributed by atoms with Crippen molar-refractivity contribution in [1.29, 1.82) is 0 Å². The highest BCUT2D eigenvalue weighted by molar-refractivity contribution is 6.31. The summed E-state index contributed by atoms with van der Waals surface area (Å²) in [5.41, 5.74) is -0.117. The van der Waals surface area contributed by atoms with Crippen LogP contribution in [0.25, 0.3) is 0 Å². The van der Waals surface area contributed by atoms with Gasteiger partial charge >= 0.3 is 6.18 Å². The van der Waals surface area contributed by atoms with Gasteiger partial charge in [-0.15, -0.1) is 0 Å². The second kappa shape index (κ2) is 5.36. The minimum Gasteiger partial charge on any atom is -0.366 e. The topological polar surface area (TPSA) is 15.3 Å². The van der Waals surface area contributed by atoms with Crippen LogP contribution in [0.4, 0.5) is 18.9 Å². The van der Waals surface area contributed by atoms with E-state index in [9.17, 15) is 13.2 Å². The number of piperazine rings is 1. The Morgan fingerprint density at radius 3 is 2.57 bits per heavy atom. The van der Waals surface area contributed by atoms with Crippen LogP contribution in [-0.4, -0.2) is 25.2 Å². The van der Waals surface area contributed by atoms with Gasteiger partial charge in [-0.2, -0.15) is 13.2 Å². The summed E-state index contributed by atoms with van der Waals surface area (Å²) in [4.78, 5) is 2.04. The molecule has 1 aromatic carbocycles. The van der Waals surface area contributed by atoms with E-state index >= 15 is 0 Å². The number of anilines is 1. The summed E-state index contributed by atoms with van der Waals surface area (Å²) in [5, 5.41) is 3.63. The van der Waals surface area contributed by atoms with Crippen molar-refractivity contribution in [3.05, 3.63) is 28.8 Å². The molecule has 2 unspecified atom stereocenters. The van der Waals surface area contributed by atoms with Crippen molar-refractivity contribution >= 4 is 17.3 Å². The third-order valence-corrected chi connectivity index (χ3v) is 4.55. The van der Waals surface area contributed by atoms with Gasteiger partial charge in [0.25, 0.3) is 0 Å². The quantitative estimate of drug-likeness (QED) is 0.888. The molecule has 1 aromatic rings. The second-order valence-corrected chi connectivity index (χ2v) is 6.49. The van der Waals surface area contributed by atoms with E-state index in [1.807, 2.05) is 11.8 Å². The van der Waals surface area contributed by atoms with Gasteiger partial charge in [0, 0.05) is 35.9 Å². The first-order valence-corrected chi connectivity index (χ1v) is 7.60. The molecule has 1 aliphatic carbocycles. The molecule has 0 bridgehead atoms. The minimum atomic E-state index is -4.37. The van der Waals surface area contributed by atoms with Crippen LogP contribution >= 0.6 is 11.6 Å². The molecule has 3 rings (SSSR count). The number of alkyl halides is 3. The molecular weight excluding hydrogens is 301 g/mol. The van der Waals surface area contributed by atoms with Gasteiger partial charge in [0.15, 0.2) is 0 Å². The first-order chi connectivity index (χ1) is 9.84. The van der Waals surface area contributed by atoms with Crippen molar-refractivity contribution in [1.82, 2.24) is 5.32 Å². The molecule has 1 aliphatic heterocycles. The number of hydrogen-bond donors (Lipinski definition) is 1. The average Bonchev–Trinajstić information content (AvgIpc) is 3.22. The normalized spacial score (nSPS) is 27.0. The molecule has 1 N–H and O–H groups in total. The standard InChI is InChI=1S/C15H18ClF3N2/c1-9-7-20-14(10-2-3-10)8-21(9)13-5-11(15(17,18)19)4-12(16)6-13/h4-6,9-10,14,20H,2-3,7-8H2,1H3. The summed E-state index contributed by atoms with van der Waals surface area (Å²) in [6.45, 7) is 3.54. The highest BCUT2D eigenvalue weighted by atomic mass is 35.5. The summed E-state index contributed by atoms with van der Waals surface area (Å²) >= 11 is 5.89. The van der Waals surface area contributed by atoms with E-state index < -0.39 is 11.7 Å². The molecule has 1 saturated heterocycles. The molecule has 0 spiro atoms. The Labute approximate surface area is 127 Å². The van der Waals surface area contributed by atoms with Crippen molar-refractivity contribution < 1.29 is 13.2 Å². The molecule has 2 aliphatic rings. The van der Waals surface area contributed by atoms with Crippen LogP contribution in [0.3, 0.4) is 0 Å². The first kappa shape index (κ1) is 15.0. The first-order valence-electron chi connectivity index (χ1n) is 7.22. The predicted octanol–water partition coefficient (Wildman–Crippen LogP) is 3.94. The van der Waals surface area contributed by atoms with Crippen LogP contribution in [0, 0.1) is 5.92 Å². The van der Waals surface area contributed by atoms with E-state index in [0.717, 1.165) is 19.2 Å². The lowest BCUT2D eigenvalue weighted by molar-refractivity contribution is -0.137. The molecule has 116 valence electrons. The van der Waals surface area contributed by atoms with Crippen LogP contribution in [0.1, 0.15) is 25.3 Å². The van der Waals surface area contributed by atoms with Gasteiger partial charge in [-0.3, -0.25) is 0 Å². The van der Waals surface area contributed by atoms with Gasteiger partial charge in [-0.25, -0.2) is 0 Å². The Hall–Kier alpha value is -0.940. The summed E-state index contributed by atoms with van der Waals surface area (Å²) in [7, 11) is 0. The molecule has 6 heteroatoms. The molecule has 21 heavy (non-hydrogen) atoms. The van der Waals surface area contributed by atoms with E-state index in [1.165, 1.54) is 18.9 Å². The predicted molar refractivity (Wildman–Crippen MR) is 77.8 cm³/mol. The largest absolute Gasteiger partial charge is 0.416 e. The molecule has 0 radical (unpaired) electrons. The van der Waals surface area contributed by atoms with Gasteiger partial charge in [0.1, 0.15) is 0 Å². The maximum absolute atomic E-state index is 12.9. The second-order valence-electron chi connectivity index (χ2n) is 6.05. The Kier molecular flexibility index (Phi) is 3.82. The van der Waals surface area contributed by atoms with E-state index in [1.54, 1.807) is 6.07 Å². The van der Waals surface area contributed by atoms with Crippen molar-refractivity contribution in [2.24, 2.45) is 5.92 Å². The Bertz CT molecular complexity index is 528. The van der Waals surface area contributed by atoms with Crippen LogP contribution in [0.5, 0.6) is 0 Å². The number of nitrogens with zero attached hydrogens (tertiary/aromatic N) is 1. The Morgan fingerprint density at radius 1 is 1.24 bits per heavy atom. The summed E-state index contributed by atoms with van der Waals surface area (Å²) in [6.07, 6.45) is -1.95. The van der Waals surface area contributed by atoms with E-state index in [-0.39, 0.29) is 11.1 Å². The maximum atomic E-state index is 12.9. The van der Waals surface area contributed by atoms with Crippen molar-refractivity contribution in [2.45, 2.75) is 38.0 Å². The molecule has 2 nitrogen and oxygen atoms in total. The fourth-order valence-corrected chi connectivity index (χ4v) is 3.20. The number of rotatable bonds is 2. The fourth-order valence-electron chi connectivity index (χ4n) is 2.97. The molecular formula is C15H18ClF3N2. The van der Waals surface area contributed by atoms with Crippen LogP contribution in [0.15, 0.2) is 18.2 Å². The monoisotopic (exact) mass is 318 g/mol. The van der Waals surface area contributed by atoms with Crippen LogP contribution < -0.4 is 10.2 Å². The molecule has 0 amide bonds. The molecule has 1 saturated carbocycles. The SMILES string of the molecule is CC1CNC(C2CC2)CN1c1cc(Cl)cc(C(F)(F)F)c1. The highest BCUT2D eigenvalue weighted by Gasteiger charge is 2.37. The number of nitrogens with one attached hydrogen (secondary N) is 1. The fraction of sp³-hybridized carbons (Fsp3) is 0.600. The smallest absolute Gasteiger partial charge is 0.366 e. The summed E-state index contributed by atoms with van der Waals surface area (Å²) < 4.78 is 38.8. The molecule has 2 fully saturated rings. The minimum absolute atomic E-state index is 0.133. The third-order valence-electron chi connectivity index (χ3n) is 4.33. The third kappa shape index (κ3) is 3.29. The lowest BCUT2D eigenvalue weighted by Gasteiger charge is -2.41. The zero-order chi connectivity index (χ0) is 15.2. The highest BCUT2D eigenvalue weighted by Crippen LogP contribution is 2.38. The van der Waals surface area contributed by atoms with E-state index in [2.05, 4.69) is 5.32 Å². The van der Waals surface area contributed by atoms with E-state index in [4.69, 9.17) is 11.6 Å². The summed E-state index contributed by atoms with van der Waals surface area (Å²) in [6, 6.07) is 4.34. The molecule has 1 heterocycles. The average molecular weight is 319 g/mol. The zero-order valence-electron chi connectivity index (χ0n) is 11.8. The molecule has 0 aromatic heterocycles. The van der Waals surface area contributed by atoms with Gasteiger partial charge in [-0.05, 0) is 43.9 Å². The van der Waals surface area contributed by atoms with E-state index in [0.29, 0.717) is 17.6 Å². The maximum Gasteiger partial charge on any atom is 0.416 e. The lowest BCUT2D eigenvalue weighted by atomic mass is 10.0.